The number of hydrogen-bond acceptors (Lipinski definition) is 0. The second-order valence-electron chi connectivity index (χ2n) is 5.12. The van der Waals surface area contributed by atoms with E-state index in [2.05, 4.69) is 67.5 Å². The molecule has 0 fully saturated rings. The van der Waals surface area contributed by atoms with Gasteiger partial charge in [0.15, 0.2) is 0 Å². The van der Waals surface area contributed by atoms with Crippen LogP contribution >= 0.6 is 0 Å². The Hall–Kier alpha value is -0.391. The molecule has 0 saturated carbocycles. The molecule has 0 nitrogen and oxygen atoms in total. The predicted molar refractivity (Wildman–Crippen MR) is 63.3 cm³/mol. The van der Waals surface area contributed by atoms with Gasteiger partial charge in [-0.15, -0.1) is 0 Å². The van der Waals surface area contributed by atoms with E-state index in [1.54, 1.807) is 0 Å². The van der Waals surface area contributed by atoms with Crippen LogP contribution in [0.3, 0.4) is 0 Å². The summed E-state index contributed by atoms with van der Waals surface area (Å²) in [5, 5.41) is 0. The molecule has 0 spiro atoms. The molecule has 1 aliphatic carbocycles. The summed E-state index contributed by atoms with van der Waals surface area (Å²) in [4.78, 5) is 0. The van der Waals surface area contributed by atoms with E-state index in [0.29, 0.717) is 0 Å². The van der Waals surface area contributed by atoms with Crippen molar-refractivity contribution in [3.8, 4) is 0 Å². The maximum atomic E-state index is 3.28. The van der Waals surface area contributed by atoms with Crippen molar-refractivity contribution in [1.29, 1.82) is 0 Å². The summed E-state index contributed by atoms with van der Waals surface area (Å²) in [7, 11) is 0. The van der Waals surface area contributed by atoms with Gasteiger partial charge in [0.2, 0.25) is 0 Å². The zero-order valence-corrected chi connectivity index (χ0v) is 10.9. The average molecular weight is 251 g/mol. The fraction of sp³-hybridized carbons (Fsp3) is 0.462. The second-order valence-corrected chi connectivity index (χ2v) is 5.98. The van der Waals surface area contributed by atoms with Gasteiger partial charge in [0, 0.05) is 0 Å². The Labute approximate surface area is 94.1 Å². The molecular formula is C13H16Se. The first kappa shape index (κ1) is 10.1. The normalized spacial score (nSPS) is 22.1. The van der Waals surface area contributed by atoms with Crippen molar-refractivity contribution in [3.63, 3.8) is 0 Å². The van der Waals surface area contributed by atoms with E-state index < -0.39 is 0 Å². The van der Waals surface area contributed by atoms with Gasteiger partial charge in [-0.05, 0) is 0 Å². The van der Waals surface area contributed by atoms with E-state index in [1.807, 2.05) is 0 Å². The maximum absolute atomic E-state index is 3.28. The zero-order valence-electron chi connectivity index (χ0n) is 9.22. The van der Waals surface area contributed by atoms with Crippen LogP contribution < -0.4 is 0 Å². The molecule has 1 aliphatic rings. The molecular weight excluding hydrogens is 235 g/mol. The zero-order chi connectivity index (χ0) is 10.6. The van der Waals surface area contributed by atoms with Crippen LogP contribution in [-0.4, -0.2) is 20.0 Å². The van der Waals surface area contributed by atoms with Crippen molar-refractivity contribution < 1.29 is 0 Å². The van der Waals surface area contributed by atoms with Gasteiger partial charge in [-0.2, -0.15) is 0 Å². The third-order valence-corrected chi connectivity index (χ3v) is 5.55. The van der Waals surface area contributed by atoms with Gasteiger partial charge in [0.05, 0.1) is 0 Å². The van der Waals surface area contributed by atoms with E-state index in [9.17, 15) is 0 Å². The number of fused-ring (bicyclic) bond motifs is 1. The van der Waals surface area contributed by atoms with Crippen molar-refractivity contribution in [2.24, 2.45) is 0 Å². The minimum atomic E-state index is 0.181. The van der Waals surface area contributed by atoms with Crippen LogP contribution in [-0.2, 0) is 10.8 Å². The van der Waals surface area contributed by atoms with Gasteiger partial charge in [0.25, 0.3) is 0 Å². The number of hydrogen-bond donors (Lipinski definition) is 0. The summed E-state index contributed by atoms with van der Waals surface area (Å²) in [6, 6.07) is 8.77. The van der Waals surface area contributed by atoms with Crippen LogP contribution in [0, 0.1) is 0 Å². The molecule has 74 valence electrons. The predicted octanol–water partition coefficient (Wildman–Crippen LogP) is 2.60. The topological polar surface area (TPSA) is 0 Å². The van der Waals surface area contributed by atoms with E-state index in [4.69, 9.17) is 0 Å². The number of rotatable bonds is 0. The Morgan fingerprint density at radius 1 is 0.857 bits per heavy atom. The van der Waals surface area contributed by atoms with Gasteiger partial charge in [-0.1, -0.05) is 0 Å². The fourth-order valence-electron chi connectivity index (χ4n) is 2.60. The number of benzene rings is 1. The standard InChI is InChI=1S/C13H16Se/c1-12(2)9-7-5-6-8-10(9)13(3,4)11(12)14/h5-8H,1-4H3. The SMILES string of the molecule is CC1(C)C(=[Se])C(C)(C)c2ccccc21. The van der Waals surface area contributed by atoms with Crippen LogP contribution in [0.15, 0.2) is 24.3 Å². The molecule has 0 radical (unpaired) electrons. The summed E-state index contributed by atoms with van der Waals surface area (Å²) in [5.41, 5.74) is 3.30. The van der Waals surface area contributed by atoms with Gasteiger partial charge >= 0.3 is 93.9 Å². The van der Waals surface area contributed by atoms with Crippen molar-refractivity contribution in [1.82, 2.24) is 0 Å². The molecule has 1 aromatic carbocycles. The van der Waals surface area contributed by atoms with Gasteiger partial charge in [0.1, 0.15) is 0 Å². The molecule has 0 saturated heterocycles. The van der Waals surface area contributed by atoms with Crippen LogP contribution in [0.2, 0.25) is 0 Å². The monoisotopic (exact) mass is 252 g/mol. The summed E-state index contributed by atoms with van der Waals surface area (Å²) in [6.45, 7) is 9.19. The van der Waals surface area contributed by atoms with E-state index in [1.165, 1.54) is 15.5 Å². The van der Waals surface area contributed by atoms with Crippen LogP contribution in [0.25, 0.3) is 0 Å². The first-order chi connectivity index (χ1) is 6.38. The second kappa shape index (κ2) is 2.81. The average Bonchev–Trinajstić information content (AvgIpc) is 2.28. The van der Waals surface area contributed by atoms with Crippen LogP contribution in [0.1, 0.15) is 38.8 Å². The van der Waals surface area contributed by atoms with E-state index >= 15 is 0 Å². The third kappa shape index (κ3) is 1.09. The summed E-state index contributed by atoms with van der Waals surface area (Å²) in [6.07, 6.45) is 0. The summed E-state index contributed by atoms with van der Waals surface area (Å²) in [5.74, 6) is 0. The summed E-state index contributed by atoms with van der Waals surface area (Å²) < 4.78 is 1.45. The molecule has 0 heterocycles. The van der Waals surface area contributed by atoms with Crippen molar-refractivity contribution in [2.45, 2.75) is 38.5 Å². The molecule has 1 aromatic rings. The van der Waals surface area contributed by atoms with E-state index in [0.717, 1.165) is 0 Å². The molecule has 0 aliphatic heterocycles. The van der Waals surface area contributed by atoms with Crippen LogP contribution in [0.4, 0.5) is 0 Å². The molecule has 0 aromatic heterocycles. The molecule has 0 unspecified atom stereocenters. The van der Waals surface area contributed by atoms with Crippen LogP contribution in [0.5, 0.6) is 0 Å². The Balaban J connectivity index is 2.76. The molecule has 0 N–H and O–H groups in total. The molecule has 14 heavy (non-hydrogen) atoms. The Kier molecular flexibility index (Phi) is 2.03. The van der Waals surface area contributed by atoms with Gasteiger partial charge in [-0.25, -0.2) is 0 Å². The Morgan fingerprint density at radius 3 is 1.57 bits per heavy atom. The van der Waals surface area contributed by atoms with Gasteiger partial charge in [-0.3, -0.25) is 0 Å². The molecule has 0 amide bonds. The first-order valence-corrected chi connectivity index (χ1v) is 5.89. The molecule has 0 atom stereocenters. The molecule has 0 bridgehead atoms. The Bertz CT molecular complexity index is 362. The third-order valence-electron chi connectivity index (χ3n) is 3.41. The van der Waals surface area contributed by atoms with Gasteiger partial charge < -0.3 is 0 Å². The summed E-state index contributed by atoms with van der Waals surface area (Å²) >= 11 is 3.28. The minimum absolute atomic E-state index is 0.181. The fourth-order valence-corrected chi connectivity index (χ4v) is 3.06. The van der Waals surface area contributed by atoms with E-state index in [-0.39, 0.29) is 10.8 Å². The molecule has 1 heteroatoms. The van der Waals surface area contributed by atoms with Crippen molar-refractivity contribution in [3.05, 3.63) is 35.4 Å². The molecule has 2 rings (SSSR count). The van der Waals surface area contributed by atoms with Crippen molar-refractivity contribution in [2.75, 3.05) is 0 Å². The quantitative estimate of drug-likeness (QED) is 0.622. The van der Waals surface area contributed by atoms with Crippen molar-refractivity contribution >= 4 is 20.0 Å². The first-order valence-electron chi connectivity index (χ1n) is 5.03. The Morgan fingerprint density at radius 2 is 1.21 bits per heavy atom.